The summed E-state index contributed by atoms with van der Waals surface area (Å²) in [5.74, 6) is 0.733. The summed E-state index contributed by atoms with van der Waals surface area (Å²) in [4.78, 5) is 19.3. The molecule has 0 saturated carbocycles. The number of carbonyl (C=O) groups excluding carboxylic acids is 1. The van der Waals surface area contributed by atoms with Crippen molar-refractivity contribution in [3.63, 3.8) is 0 Å². The largest absolute Gasteiger partial charge is 0.370 e. The summed E-state index contributed by atoms with van der Waals surface area (Å²) >= 11 is 0. The molecule has 0 aliphatic heterocycles. The van der Waals surface area contributed by atoms with E-state index < -0.39 is 0 Å². The third-order valence-corrected chi connectivity index (χ3v) is 3.04. The SMILES string of the molecule is CNc1nc(C)cn2c(-c3cnn(CC=O)c3)cnc12. The smallest absolute Gasteiger partial charge is 0.180 e. The lowest BCUT2D eigenvalue weighted by molar-refractivity contribution is -0.108. The number of anilines is 1. The number of carbonyl (C=O) groups is 1. The van der Waals surface area contributed by atoms with Crippen molar-refractivity contribution < 1.29 is 4.79 Å². The van der Waals surface area contributed by atoms with Gasteiger partial charge < -0.3 is 10.1 Å². The number of hydrogen-bond donors (Lipinski definition) is 1. The van der Waals surface area contributed by atoms with Crippen molar-refractivity contribution in [3.8, 4) is 11.3 Å². The molecule has 3 rings (SSSR count). The fraction of sp³-hybridized carbons (Fsp3) is 0.231. The van der Waals surface area contributed by atoms with Crippen molar-refractivity contribution in [2.24, 2.45) is 0 Å². The van der Waals surface area contributed by atoms with Crippen LogP contribution in [0.15, 0.2) is 24.8 Å². The first-order valence-electron chi connectivity index (χ1n) is 6.22. The summed E-state index contributed by atoms with van der Waals surface area (Å²) in [6, 6.07) is 0. The van der Waals surface area contributed by atoms with Crippen LogP contribution in [-0.4, -0.2) is 37.5 Å². The van der Waals surface area contributed by atoms with E-state index in [1.54, 1.807) is 17.1 Å². The molecule has 20 heavy (non-hydrogen) atoms. The summed E-state index contributed by atoms with van der Waals surface area (Å²) in [5.41, 5.74) is 3.48. The van der Waals surface area contributed by atoms with E-state index in [1.807, 2.05) is 30.8 Å². The Morgan fingerprint density at radius 3 is 2.95 bits per heavy atom. The van der Waals surface area contributed by atoms with E-state index in [2.05, 4.69) is 20.4 Å². The first-order chi connectivity index (χ1) is 9.72. The number of aldehydes is 1. The number of aryl methyl sites for hydroxylation is 1. The third-order valence-electron chi connectivity index (χ3n) is 3.04. The second kappa shape index (κ2) is 4.76. The number of nitrogens with zero attached hydrogens (tertiary/aromatic N) is 5. The quantitative estimate of drug-likeness (QED) is 0.719. The van der Waals surface area contributed by atoms with Gasteiger partial charge in [0.2, 0.25) is 0 Å². The van der Waals surface area contributed by atoms with E-state index in [1.165, 1.54) is 0 Å². The number of aromatic nitrogens is 5. The Labute approximate surface area is 115 Å². The number of hydrogen-bond acceptors (Lipinski definition) is 5. The highest BCUT2D eigenvalue weighted by atomic mass is 16.1. The number of imidazole rings is 1. The van der Waals surface area contributed by atoms with Gasteiger partial charge in [0.15, 0.2) is 11.5 Å². The maximum atomic E-state index is 10.5. The van der Waals surface area contributed by atoms with E-state index in [0.717, 1.165) is 34.7 Å². The van der Waals surface area contributed by atoms with Crippen molar-refractivity contribution in [3.05, 3.63) is 30.5 Å². The van der Waals surface area contributed by atoms with Crippen LogP contribution in [0, 0.1) is 6.92 Å². The van der Waals surface area contributed by atoms with Gasteiger partial charge in [-0.15, -0.1) is 0 Å². The monoisotopic (exact) mass is 270 g/mol. The molecule has 0 fully saturated rings. The zero-order valence-electron chi connectivity index (χ0n) is 11.2. The normalized spacial score (nSPS) is 10.9. The lowest BCUT2D eigenvalue weighted by Gasteiger charge is -2.05. The minimum atomic E-state index is 0.249. The van der Waals surface area contributed by atoms with Crippen LogP contribution < -0.4 is 5.32 Å². The van der Waals surface area contributed by atoms with Gasteiger partial charge in [0.25, 0.3) is 0 Å². The van der Waals surface area contributed by atoms with Crippen molar-refractivity contribution >= 4 is 17.8 Å². The summed E-state index contributed by atoms with van der Waals surface area (Å²) in [7, 11) is 1.82. The van der Waals surface area contributed by atoms with Crippen LogP contribution in [0.25, 0.3) is 16.9 Å². The average Bonchev–Trinajstić information content (AvgIpc) is 3.04. The van der Waals surface area contributed by atoms with Gasteiger partial charge >= 0.3 is 0 Å². The Balaban J connectivity index is 2.15. The van der Waals surface area contributed by atoms with Gasteiger partial charge in [0.1, 0.15) is 6.29 Å². The van der Waals surface area contributed by atoms with Gasteiger partial charge in [-0.2, -0.15) is 5.10 Å². The molecule has 7 nitrogen and oxygen atoms in total. The number of rotatable bonds is 4. The van der Waals surface area contributed by atoms with Gasteiger partial charge in [-0.3, -0.25) is 9.08 Å². The Morgan fingerprint density at radius 2 is 2.20 bits per heavy atom. The van der Waals surface area contributed by atoms with E-state index in [-0.39, 0.29) is 6.54 Å². The number of fused-ring (bicyclic) bond motifs is 1. The number of nitrogens with one attached hydrogen (secondary N) is 1. The highest BCUT2D eigenvalue weighted by molar-refractivity contribution is 5.70. The van der Waals surface area contributed by atoms with Gasteiger partial charge in [-0.05, 0) is 6.92 Å². The molecule has 3 aromatic heterocycles. The Morgan fingerprint density at radius 1 is 1.35 bits per heavy atom. The molecule has 0 unspecified atom stereocenters. The molecule has 3 aromatic rings. The highest BCUT2D eigenvalue weighted by Gasteiger charge is 2.12. The summed E-state index contributed by atoms with van der Waals surface area (Å²) < 4.78 is 3.56. The Bertz CT molecular complexity index is 772. The second-order valence-electron chi connectivity index (χ2n) is 4.44. The molecule has 0 amide bonds. The summed E-state index contributed by atoms with van der Waals surface area (Å²) in [6.45, 7) is 2.18. The standard InChI is InChI=1S/C13H14N6O/c1-9-7-19-11(6-15-13(19)12(14-2)17-9)10-5-16-18(8-10)3-4-20/h4-8H,3H2,1-2H3,(H,14,17). The summed E-state index contributed by atoms with van der Waals surface area (Å²) in [5, 5.41) is 7.19. The van der Waals surface area contributed by atoms with Crippen molar-refractivity contribution in [2.45, 2.75) is 13.5 Å². The molecule has 0 saturated heterocycles. The molecule has 0 bridgehead atoms. The van der Waals surface area contributed by atoms with Crippen LogP contribution in [0.4, 0.5) is 5.82 Å². The molecule has 0 aliphatic rings. The topological polar surface area (TPSA) is 77.1 Å². The Kier molecular flexibility index (Phi) is 2.94. The van der Waals surface area contributed by atoms with Crippen molar-refractivity contribution in [1.29, 1.82) is 0 Å². The van der Waals surface area contributed by atoms with Gasteiger partial charge in [-0.1, -0.05) is 0 Å². The molecule has 0 atom stereocenters. The molecule has 0 radical (unpaired) electrons. The zero-order valence-corrected chi connectivity index (χ0v) is 11.2. The molecular formula is C13H14N6O. The van der Waals surface area contributed by atoms with Crippen LogP contribution >= 0.6 is 0 Å². The van der Waals surface area contributed by atoms with Crippen molar-refractivity contribution in [2.75, 3.05) is 12.4 Å². The predicted octanol–water partition coefficient (Wildman–Crippen LogP) is 1.14. The predicted molar refractivity (Wildman–Crippen MR) is 74.6 cm³/mol. The van der Waals surface area contributed by atoms with Crippen molar-refractivity contribution in [1.82, 2.24) is 24.1 Å². The van der Waals surface area contributed by atoms with Gasteiger partial charge in [0.05, 0.1) is 30.3 Å². The molecule has 0 aliphatic carbocycles. The van der Waals surface area contributed by atoms with E-state index >= 15 is 0 Å². The third kappa shape index (κ3) is 1.93. The molecule has 0 aromatic carbocycles. The average molecular weight is 270 g/mol. The second-order valence-corrected chi connectivity index (χ2v) is 4.44. The molecule has 0 spiro atoms. The van der Waals surface area contributed by atoms with Crippen LogP contribution in [0.2, 0.25) is 0 Å². The maximum Gasteiger partial charge on any atom is 0.180 e. The summed E-state index contributed by atoms with van der Waals surface area (Å²) in [6.07, 6.45) is 8.07. The van der Waals surface area contributed by atoms with Crippen LogP contribution in [0.1, 0.15) is 5.69 Å². The van der Waals surface area contributed by atoms with E-state index in [0.29, 0.717) is 0 Å². The Hall–Kier alpha value is -2.70. The fourth-order valence-electron chi connectivity index (χ4n) is 2.16. The molecular weight excluding hydrogens is 256 g/mol. The highest BCUT2D eigenvalue weighted by Crippen LogP contribution is 2.23. The molecule has 3 heterocycles. The van der Waals surface area contributed by atoms with E-state index in [9.17, 15) is 4.79 Å². The lowest BCUT2D eigenvalue weighted by atomic mass is 10.3. The minimum absolute atomic E-state index is 0.249. The van der Waals surface area contributed by atoms with Crippen LogP contribution in [0.3, 0.4) is 0 Å². The molecule has 102 valence electrons. The van der Waals surface area contributed by atoms with Gasteiger partial charge in [-0.25, -0.2) is 9.97 Å². The lowest BCUT2D eigenvalue weighted by Crippen LogP contribution is -2.00. The first-order valence-corrected chi connectivity index (χ1v) is 6.22. The van der Waals surface area contributed by atoms with E-state index in [4.69, 9.17) is 0 Å². The molecule has 7 heteroatoms. The van der Waals surface area contributed by atoms with Crippen LogP contribution in [-0.2, 0) is 11.3 Å². The minimum Gasteiger partial charge on any atom is -0.370 e. The molecule has 1 N–H and O–H groups in total. The zero-order chi connectivity index (χ0) is 14.1. The first kappa shape index (κ1) is 12.3. The van der Waals surface area contributed by atoms with Crippen LogP contribution in [0.5, 0.6) is 0 Å². The van der Waals surface area contributed by atoms with Gasteiger partial charge in [0, 0.05) is 25.0 Å². The fourth-order valence-corrected chi connectivity index (χ4v) is 2.16. The maximum absolute atomic E-state index is 10.5.